The van der Waals surface area contributed by atoms with Crippen molar-refractivity contribution in [1.82, 2.24) is 5.32 Å². The van der Waals surface area contributed by atoms with Gasteiger partial charge in [0.2, 0.25) is 5.91 Å². The third kappa shape index (κ3) is 6.24. The largest absolute Gasteiger partial charge is 0.497 e. The second-order valence-corrected chi connectivity index (χ2v) is 7.12. The first-order valence-corrected chi connectivity index (χ1v) is 9.44. The number of benzene rings is 1. The van der Waals surface area contributed by atoms with E-state index in [9.17, 15) is 4.79 Å². The van der Waals surface area contributed by atoms with E-state index in [1.165, 1.54) is 0 Å². The van der Waals surface area contributed by atoms with Crippen molar-refractivity contribution in [2.24, 2.45) is 0 Å². The highest BCUT2D eigenvalue weighted by Gasteiger charge is 2.14. The van der Waals surface area contributed by atoms with Gasteiger partial charge in [-0.15, -0.1) is 0 Å². The molecule has 0 spiro atoms. The quantitative estimate of drug-likeness (QED) is 0.692. The summed E-state index contributed by atoms with van der Waals surface area (Å²) in [5.74, 6) is 2.56. The van der Waals surface area contributed by atoms with Crippen molar-refractivity contribution in [2.45, 2.75) is 30.9 Å². The van der Waals surface area contributed by atoms with Crippen LogP contribution in [0, 0.1) is 0 Å². The Hall–Kier alpha value is -1.40. The summed E-state index contributed by atoms with van der Waals surface area (Å²) in [5.41, 5.74) is 1.02. The number of rotatable bonds is 9. The summed E-state index contributed by atoms with van der Waals surface area (Å²) in [6, 6.07) is 5.68. The number of methoxy groups -OCH3 is 2. The van der Waals surface area contributed by atoms with Crippen LogP contribution < -0.4 is 14.8 Å². The molecule has 1 N–H and O–H groups in total. The van der Waals surface area contributed by atoms with Crippen molar-refractivity contribution in [3.8, 4) is 11.5 Å². The Kier molecular flexibility index (Phi) is 8.25. The van der Waals surface area contributed by atoms with E-state index in [1.807, 2.05) is 30.0 Å². The van der Waals surface area contributed by atoms with E-state index < -0.39 is 0 Å². The highest BCUT2D eigenvalue weighted by atomic mass is 32.2. The van der Waals surface area contributed by atoms with Gasteiger partial charge in [-0.25, -0.2) is 0 Å². The van der Waals surface area contributed by atoms with Crippen LogP contribution in [0.25, 0.3) is 0 Å². The van der Waals surface area contributed by atoms with Gasteiger partial charge in [-0.05, 0) is 30.9 Å². The first-order valence-electron chi connectivity index (χ1n) is 8.40. The molecule has 2 rings (SSSR count). The van der Waals surface area contributed by atoms with Crippen molar-refractivity contribution in [3.05, 3.63) is 23.8 Å². The highest BCUT2D eigenvalue weighted by Crippen LogP contribution is 2.25. The maximum atomic E-state index is 12.0. The highest BCUT2D eigenvalue weighted by molar-refractivity contribution is 7.99. The van der Waals surface area contributed by atoms with E-state index in [4.69, 9.17) is 14.2 Å². The maximum absolute atomic E-state index is 12.0. The summed E-state index contributed by atoms with van der Waals surface area (Å²) in [6.45, 7) is 2.46. The van der Waals surface area contributed by atoms with Crippen LogP contribution in [0.3, 0.4) is 0 Å². The van der Waals surface area contributed by atoms with Crippen molar-refractivity contribution < 1.29 is 19.0 Å². The van der Waals surface area contributed by atoms with E-state index in [0.717, 1.165) is 55.4 Å². The van der Waals surface area contributed by atoms with Gasteiger partial charge < -0.3 is 19.5 Å². The Morgan fingerprint density at radius 2 is 2.08 bits per heavy atom. The average molecular weight is 353 g/mol. The normalized spacial score (nSPS) is 15.1. The van der Waals surface area contributed by atoms with Crippen LogP contribution in [0.5, 0.6) is 11.5 Å². The molecule has 0 bridgehead atoms. The Bertz CT molecular complexity index is 518. The molecule has 6 heteroatoms. The second kappa shape index (κ2) is 10.5. The minimum Gasteiger partial charge on any atom is -0.497 e. The molecule has 1 heterocycles. The maximum Gasteiger partial charge on any atom is 0.220 e. The molecule has 1 amide bonds. The lowest BCUT2D eigenvalue weighted by atomic mass is 10.1. The molecule has 1 saturated heterocycles. The first-order chi connectivity index (χ1) is 11.7. The summed E-state index contributed by atoms with van der Waals surface area (Å²) in [6.07, 6.45) is 3.36. The van der Waals surface area contributed by atoms with Crippen molar-refractivity contribution in [3.63, 3.8) is 0 Å². The number of carbonyl (C=O) groups is 1. The van der Waals surface area contributed by atoms with Crippen LogP contribution in [0.15, 0.2) is 18.2 Å². The predicted molar refractivity (Wildman–Crippen MR) is 97.2 cm³/mol. The molecule has 1 aliphatic heterocycles. The smallest absolute Gasteiger partial charge is 0.220 e. The third-order valence-electron chi connectivity index (χ3n) is 4.06. The molecule has 0 atom stereocenters. The fraction of sp³-hybridized carbons (Fsp3) is 0.611. The summed E-state index contributed by atoms with van der Waals surface area (Å²) in [7, 11) is 3.26. The molecule has 0 saturated carbocycles. The minimum absolute atomic E-state index is 0.0837. The number of hydrogen-bond donors (Lipinski definition) is 1. The summed E-state index contributed by atoms with van der Waals surface area (Å²) in [4.78, 5) is 12.0. The molecule has 134 valence electrons. The Balaban J connectivity index is 1.65. The van der Waals surface area contributed by atoms with Gasteiger partial charge in [0.25, 0.3) is 0 Å². The van der Waals surface area contributed by atoms with Gasteiger partial charge in [0.05, 0.1) is 14.2 Å². The molecule has 1 fully saturated rings. The lowest BCUT2D eigenvalue weighted by Crippen LogP contribution is -2.27. The van der Waals surface area contributed by atoms with E-state index in [0.29, 0.717) is 18.1 Å². The zero-order valence-electron chi connectivity index (χ0n) is 14.5. The molecule has 0 aliphatic carbocycles. The van der Waals surface area contributed by atoms with E-state index in [1.54, 1.807) is 14.2 Å². The van der Waals surface area contributed by atoms with Crippen LogP contribution in [-0.2, 0) is 16.0 Å². The number of aryl methyl sites for hydroxylation is 1. The topological polar surface area (TPSA) is 56.8 Å². The number of hydrogen-bond acceptors (Lipinski definition) is 5. The second-order valence-electron chi connectivity index (χ2n) is 5.71. The minimum atomic E-state index is 0.0837. The molecule has 24 heavy (non-hydrogen) atoms. The van der Waals surface area contributed by atoms with Crippen molar-refractivity contribution >= 4 is 17.7 Å². The van der Waals surface area contributed by atoms with Gasteiger partial charge in [-0.1, -0.05) is 6.07 Å². The zero-order valence-corrected chi connectivity index (χ0v) is 15.3. The molecule has 1 aromatic rings. The van der Waals surface area contributed by atoms with Crippen LogP contribution in [0.1, 0.15) is 24.8 Å². The average Bonchev–Trinajstić information content (AvgIpc) is 2.64. The molecular weight excluding hydrogens is 326 g/mol. The summed E-state index contributed by atoms with van der Waals surface area (Å²) >= 11 is 1.94. The Morgan fingerprint density at radius 1 is 1.29 bits per heavy atom. The van der Waals surface area contributed by atoms with Crippen LogP contribution in [0.4, 0.5) is 0 Å². The fourth-order valence-electron chi connectivity index (χ4n) is 2.65. The number of amides is 1. The lowest BCUT2D eigenvalue weighted by Gasteiger charge is -2.21. The number of thioether (sulfide) groups is 1. The third-order valence-corrected chi connectivity index (χ3v) is 5.44. The zero-order chi connectivity index (χ0) is 17.2. The molecule has 0 aromatic heterocycles. The van der Waals surface area contributed by atoms with Gasteiger partial charge in [0.1, 0.15) is 11.5 Å². The molecular formula is C18H27NO4S. The predicted octanol–water partition coefficient (Wildman–Crippen LogP) is 2.66. The molecule has 0 radical (unpaired) electrons. The SMILES string of the molecule is COc1ccc(CCC(=O)NCCSC2CCOCC2)c(OC)c1. The fourth-order valence-corrected chi connectivity index (χ4v) is 3.73. The van der Waals surface area contributed by atoms with Gasteiger partial charge in [-0.3, -0.25) is 4.79 Å². The number of carbonyl (C=O) groups excluding carboxylic acids is 1. The Labute approximate surface area is 148 Å². The van der Waals surface area contributed by atoms with Crippen LogP contribution in [-0.4, -0.2) is 50.9 Å². The summed E-state index contributed by atoms with van der Waals surface area (Å²) < 4.78 is 15.9. The summed E-state index contributed by atoms with van der Waals surface area (Å²) in [5, 5.41) is 3.68. The lowest BCUT2D eigenvalue weighted by molar-refractivity contribution is -0.120. The van der Waals surface area contributed by atoms with Gasteiger partial charge in [0, 0.05) is 43.2 Å². The molecule has 5 nitrogen and oxygen atoms in total. The van der Waals surface area contributed by atoms with Crippen molar-refractivity contribution in [1.29, 1.82) is 0 Å². The monoisotopic (exact) mass is 353 g/mol. The van der Waals surface area contributed by atoms with Gasteiger partial charge in [-0.2, -0.15) is 11.8 Å². The van der Waals surface area contributed by atoms with Gasteiger partial charge >= 0.3 is 0 Å². The van der Waals surface area contributed by atoms with E-state index in [-0.39, 0.29) is 5.91 Å². The van der Waals surface area contributed by atoms with E-state index >= 15 is 0 Å². The van der Waals surface area contributed by atoms with Crippen LogP contribution in [0.2, 0.25) is 0 Å². The molecule has 1 aromatic carbocycles. The Morgan fingerprint density at radius 3 is 2.79 bits per heavy atom. The van der Waals surface area contributed by atoms with Crippen LogP contribution >= 0.6 is 11.8 Å². The van der Waals surface area contributed by atoms with E-state index in [2.05, 4.69) is 5.32 Å². The molecule has 1 aliphatic rings. The first kappa shape index (κ1) is 18.9. The van der Waals surface area contributed by atoms with Gasteiger partial charge in [0.15, 0.2) is 0 Å². The molecule has 0 unspecified atom stereocenters. The van der Waals surface area contributed by atoms with Crippen molar-refractivity contribution in [2.75, 3.05) is 39.7 Å². The standard InChI is InChI=1S/C18H27NO4S/c1-21-15-5-3-14(17(13-15)22-2)4-6-18(20)19-9-12-24-16-7-10-23-11-8-16/h3,5,13,16H,4,6-12H2,1-2H3,(H,19,20). The number of nitrogens with one attached hydrogen (secondary N) is 1. The number of ether oxygens (including phenoxy) is 3.